The van der Waals surface area contributed by atoms with Gasteiger partial charge in [0.25, 0.3) is 0 Å². The van der Waals surface area contributed by atoms with Crippen molar-refractivity contribution in [3.63, 3.8) is 0 Å². The monoisotopic (exact) mass is 294 g/mol. The van der Waals surface area contributed by atoms with Crippen LogP contribution in [0.4, 0.5) is 0 Å². The molecule has 112 valence electrons. The van der Waals surface area contributed by atoms with E-state index in [2.05, 4.69) is 5.10 Å². The smallest absolute Gasteiger partial charge is 0.119 e. The van der Waals surface area contributed by atoms with Gasteiger partial charge in [-0.15, -0.1) is 0 Å². The van der Waals surface area contributed by atoms with Gasteiger partial charge in [0.15, 0.2) is 0 Å². The summed E-state index contributed by atoms with van der Waals surface area (Å²) in [6, 6.07) is 19.4. The lowest BCUT2D eigenvalue weighted by molar-refractivity contribution is 0.151. The van der Waals surface area contributed by atoms with E-state index in [1.807, 2.05) is 66.9 Å². The molecule has 0 saturated heterocycles. The maximum absolute atomic E-state index is 10.2. The van der Waals surface area contributed by atoms with Crippen LogP contribution >= 0.6 is 0 Å². The fourth-order valence-electron chi connectivity index (χ4n) is 2.22. The Morgan fingerprint density at radius 1 is 1.00 bits per heavy atom. The molecule has 4 nitrogen and oxygen atoms in total. The number of rotatable bonds is 6. The van der Waals surface area contributed by atoms with Crippen molar-refractivity contribution in [2.75, 3.05) is 0 Å². The van der Waals surface area contributed by atoms with E-state index in [1.165, 1.54) is 0 Å². The molecule has 0 bridgehead atoms. The van der Waals surface area contributed by atoms with Crippen molar-refractivity contribution >= 4 is 0 Å². The first-order valence-electron chi connectivity index (χ1n) is 7.23. The molecule has 0 aliphatic carbocycles. The van der Waals surface area contributed by atoms with E-state index in [0.29, 0.717) is 13.2 Å². The zero-order valence-electron chi connectivity index (χ0n) is 12.2. The summed E-state index contributed by atoms with van der Waals surface area (Å²) in [6.45, 7) is 0.979. The minimum Gasteiger partial charge on any atom is -0.489 e. The molecule has 0 unspecified atom stereocenters. The van der Waals surface area contributed by atoms with Crippen LogP contribution in [0.1, 0.15) is 17.2 Å². The van der Waals surface area contributed by atoms with E-state index >= 15 is 0 Å². The number of aliphatic hydroxyl groups is 1. The highest BCUT2D eigenvalue weighted by Gasteiger charge is 2.08. The lowest BCUT2D eigenvalue weighted by Crippen LogP contribution is -2.08. The predicted octanol–water partition coefficient (Wildman–Crippen LogP) is 3.20. The second-order valence-electron chi connectivity index (χ2n) is 5.09. The fraction of sp³-hybridized carbons (Fsp3) is 0.167. The minimum atomic E-state index is -0.580. The maximum Gasteiger partial charge on any atom is 0.119 e. The molecule has 0 fully saturated rings. The summed E-state index contributed by atoms with van der Waals surface area (Å²) in [7, 11) is 0. The first kappa shape index (κ1) is 14.4. The highest BCUT2D eigenvalue weighted by molar-refractivity contribution is 5.29. The first-order chi connectivity index (χ1) is 10.8. The summed E-state index contributed by atoms with van der Waals surface area (Å²) in [4.78, 5) is 0. The third-order valence-electron chi connectivity index (χ3n) is 3.43. The number of aromatic nitrogens is 2. The summed E-state index contributed by atoms with van der Waals surface area (Å²) in [5.74, 6) is 0.791. The Bertz CT molecular complexity index is 679. The molecule has 0 spiro atoms. The van der Waals surface area contributed by atoms with E-state index in [-0.39, 0.29) is 0 Å². The molecule has 1 aromatic heterocycles. The van der Waals surface area contributed by atoms with Crippen LogP contribution in [0.25, 0.3) is 0 Å². The van der Waals surface area contributed by atoms with Crippen LogP contribution in [-0.4, -0.2) is 14.9 Å². The van der Waals surface area contributed by atoms with Gasteiger partial charge in [-0.25, -0.2) is 0 Å². The van der Waals surface area contributed by atoms with Gasteiger partial charge in [0.1, 0.15) is 12.4 Å². The van der Waals surface area contributed by atoms with Crippen molar-refractivity contribution in [3.8, 4) is 5.75 Å². The summed E-state index contributed by atoms with van der Waals surface area (Å²) in [6.07, 6.45) is 2.96. The van der Waals surface area contributed by atoms with Gasteiger partial charge in [-0.2, -0.15) is 5.10 Å². The van der Waals surface area contributed by atoms with Gasteiger partial charge in [-0.05, 0) is 29.3 Å². The van der Waals surface area contributed by atoms with Crippen molar-refractivity contribution < 1.29 is 9.84 Å². The van der Waals surface area contributed by atoms with Crippen LogP contribution in [0.5, 0.6) is 5.75 Å². The Balaban J connectivity index is 1.58. The molecule has 0 radical (unpaired) electrons. The van der Waals surface area contributed by atoms with Crippen LogP contribution in [0, 0.1) is 0 Å². The van der Waals surface area contributed by atoms with Gasteiger partial charge < -0.3 is 9.84 Å². The Kier molecular flexibility index (Phi) is 4.51. The van der Waals surface area contributed by atoms with Crippen LogP contribution in [0.15, 0.2) is 73.1 Å². The average Bonchev–Trinajstić information content (AvgIpc) is 3.07. The molecule has 2 aromatic carbocycles. The highest BCUT2D eigenvalue weighted by Crippen LogP contribution is 2.19. The normalized spacial score (nSPS) is 12.0. The zero-order chi connectivity index (χ0) is 15.2. The van der Waals surface area contributed by atoms with E-state index < -0.39 is 6.10 Å². The topological polar surface area (TPSA) is 47.3 Å². The van der Waals surface area contributed by atoms with Crippen molar-refractivity contribution in [3.05, 3.63) is 84.2 Å². The van der Waals surface area contributed by atoms with Gasteiger partial charge in [0.05, 0.1) is 12.6 Å². The number of ether oxygens (including phenoxy) is 1. The average molecular weight is 294 g/mol. The molecule has 1 N–H and O–H groups in total. The Hall–Kier alpha value is -2.59. The molecule has 4 heteroatoms. The van der Waals surface area contributed by atoms with Gasteiger partial charge in [-0.3, -0.25) is 4.68 Å². The predicted molar refractivity (Wildman–Crippen MR) is 84.4 cm³/mol. The zero-order valence-corrected chi connectivity index (χ0v) is 12.2. The largest absolute Gasteiger partial charge is 0.489 e. The molecular formula is C18H18N2O2. The molecule has 1 atom stereocenters. The molecule has 3 aromatic rings. The van der Waals surface area contributed by atoms with Gasteiger partial charge in [0, 0.05) is 12.4 Å². The molecule has 1 heterocycles. The van der Waals surface area contributed by atoms with E-state index in [1.54, 1.807) is 10.9 Å². The van der Waals surface area contributed by atoms with Gasteiger partial charge in [-0.1, -0.05) is 42.5 Å². The number of benzene rings is 2. The standard InChI is InChI=1S/C18H18N2O2/c21-18(13-20-12-4-11-19-20)16-7-9-17(10-8-16)22-14-15-5-2-1-3-6-15/h1-12,18,21H,13-14H2/t18-/m1/s1. The van der Waals surface area contributed by atoms with Crippen LogP contribution in [0.2, 0.25) is 0 Å². The first-order valence-corrected chi connectivity index (χ1v) is 7.23. The fourth-order valence-corrected chi connectivity index (χ4v) is 2.22. The second kappa shape index (κ2) is 6.91. The number of nitrogens with zero attached hydrogens (tertiary/aromatic N) is 2. The lowest BCUT2D eigenvalue weighted by atomic mass is 10.1. The van der Waals surface area contributed by atoms with Crippen molar-refractivity contribution in [2.45, 2.75) is 19.3 Å². The van der Waals surface area contributed by atoms with Crippen molar-refractivity contribution in [2.24, 2.45) is 0 Å². The molecule has 22 heavy (non-hydrogen) atoms. The Morgan fingerprint density at radius 2 is 1.77 bits per heavy atom. The minimum absolute atomic E-state index is 0.442. The van der Waals surface area contributed by atoms with Crippen LogP contribution in [-0.2, 0) is 13.2 Å². The number of hydrogen-bond acceptors (Lipinski definition) is 3. The highest BCUT2D eigenvalue weighted by atomic mass is 16.5. The quantitative estimate of drug-likeness (QED) is 0.759. The summed E-state index contributed by atoms with van der Waals surface area (Å²) in [5.41, 5.74) is 1.98. The molecule has 0 aliphatic rings. The molecule has 0 aliphatic heterocycles. The summed E-state index contributed by atoms with van der Waals surface area (Å²) in [5, 5.41) is 14.3. The van der Waals surface area contributed by atoms with Gasteiger partial charge in [0.2, 0.25) is 0 Å². The summed E-state index contributed by atoms with van der Waals surface area (Å²) >= 11 is 0. The van der Waals surface area contributed by atoms with Crippen LogP contribution < -0.4 is 4.74 Å². The number of hydrogen-bond donors (Lipinski definition) is 1. The van der Waals surface area contributed by atoms with E-state index in [4.69, 9.17) is 4.74 Å². The molecule has 0 amide bonds. The maximum atomic E-state index is 10.2. The van der Waals surface area contributed by atoms with Crippen molar-refractivity contribution in [1.82, 2.24) is 9.78 Å². The summed E-state index contributed by atoms with van der Waals surface area (Å²) < 4.78 is 7.45. The third-order valence-corrected chi connectivity index (χ3v) is 3.43. The third kappa shape index (κ3) is 3.74. The second-order valence-corrected chi connectivity index (χ2v) is 5.09. The molecule has 3 rings (SSSR count). The SMILES string of the molecule is O[C@H](Cn1cccn1)c1ccc(OCc2ccccc2)cc1. The Morgan fingerprint density at radius 3 is 2.45 bits per heavy atom. The number of aliphatic hydroxyl groups excluding tert-OH is 1. The lowest BCUT2D eigenvalue weighted by Gasteiger charge is -2.12. The molecule has 0 saturated carbocycles. The Labute approximate surface area is 129 Å². The van der Waals surface area contributed by atoms with Gasteiger partial charge >= 0.3 is 0 Å². The van der Waals surface area contributed by atoms with E-state index in [0.717, 1.165) is 16.9 Å². The van der Waals surface area contributed by atoms with Crippen LogP contribution in [0.3, 0.4) is 0 Å². The van der Waals surface area contributed by atoms with Crippen molar-refractivity contribution in [1.29, 1.82) is 0 Å². The van der Waals surface area contributed by atoms with E-state index in [9.17, 15) is 5.11 Å². The molecular weight excluding hydrogens is 276 g/mol.